The van der Waals surface area contributed by atoms with E-state index < -0.39 is 11.9 Å². The molecular formula is C22H23F3N6O2. The van der Waals surface area contributed by atoms with Crippen molar-refractivity contribution in [2.24, 2.45) is 0 Å². The summed E-state index contributed by atoms with van der Waals surface area (Å²) in [7, 11) is 0. The number of nitrogens with one attached hydrogen (secondary N) is 1. The van der Waals surface area contributed by atoms with Crippen LogP contribution in [0, 0.1) is 0 Å². The lowest BCUT2D eigenvalue weighted by molar-refractivity contribution is -0.141. The zero-order valence-corrected chi connectivity index (χ0v) is 18.1. The molecular weight excluding hydrogens is 437 g/mol. The minimum Gasteiger partial charge on any atom is -0.472 e. The van der Waals surface area contributed by atoms with Gasteiger partial charge in [-0.15, -0.1) is 0 Å². The SMILES string of the molecule is C=CC(=O)N1CC[C@H](Oc2nc(Nc3cc(C(F)(F)F)ncn3)cc3c2ccn3C(C)C)C1. The Bertz CT molecular complexity index is 1190. The molecule has 0 aromatic carbocycles. The molecule has 0 unspecified atom stereocenters. The lowest BCUT2D eigenvalue weighted by atomic mass is 10.2. The summed E-state index contributed by atoms with van der Waals surface area (Å²) in [5.41, 5.74) is -0.249. The number of carbonyl (C=O) groups excluding carboxylic acids is 1. The summed E-state index contributed by atoms with van der Waals surface area (Å²) in [5, 5.41) is 3.60. The third kappa shape index (κ3) is 4.76. The highest BCUT2D eigenvalue weighted by Gasteiger charge is 2.33. The Morgan fingerprint density at radius 2 is 2.09 bits per heavy atom. The zero-order chi connectivity index (χ0) is 23.8. The van der Waals surface area contributed by atoms with E-state index in [1.54, 1.807) is 11.0 Å². The van der Waals surface area contributed by atoms with Crippen molar-refractivity contribution in [1.82, 2.24) is 24.4 Å². The van der Waals surface area contributed by atoms with Crippen LogP contribution in [0.15, 0.2) is 43.4 Å². The number of alkyl halides is 3. The van der Waals surface area contributed by atoms with E-state index >= 15 is 0 Å². The Labute approximate surface area is 188 Å². The van der Waals surface area contributed by atoms with Crippen LogP contribution >= 0.6 is 0 Å². The van der Waals surface area contributed by atoms with Crippen LogP contribution in [-0.4, -0.2) is 49.5 Å². The highest BCUT2D eigenvalue weighted by Crippen LogP contribution is 2.33. The van der Waals surface area contributed by atoms with Crippen LogP contribution in [-0.2, 0) is 11.0 Å². The van der Waals surface area contributed by atoms with E-state index in [4.69, 9.17) is 4.74 Å². The summed E-state index contributed by atoms with van der Waals surface area (Å²) in [5.74, 6) is 0.408. The van der Waals surface area contributed by atoms with Crippen molar-refractivity contribution in [2.75, 3.05) is 18.4 Å². The number of rotatable bonds is 6. The van der Waals surface area contributed by atoms with E-state index in [9.17, 15) is 18.0 Å². The first kappa shape index (κ1) is 22.6. The van der Waals surface area contributed by atoms with Crippen LogP contribution in [0.5, 0.6) is 5.88 Å². The molecule has 0 radical (unpaired) electrons. The molecule has 0 spiro atoms. The van der Waals surface area contributed by atoms with E-state index in [1.807, 2.05) is 30.7 Å². The highest BCUT2D eigenvalue weighted by molar-refractivity contribution is 5.88. The van der Waals surface area contributed by atoms with E-state index in [-0.39, 0.29) is 29.7 Å². The van der Waals surface area contributed by atoms with E-state index in [1.165, 1.54) is 6.08 Å². The van der Waals surface area contributed by atoms with Gasteiger partial charge in [0.25, 0.3) is 0 Å². The molecule has 1 aliphatic rings. The first-order chi connectivity index (χ1) is 15.7. The number of aromatic nitrogens is 4. The molecule has 1 fully saturated rings. The van der Waals surface area contributed by atoms with Gasteiger partial charge in [-0.25, -0.2) is 9.97 Å². The number of anilines is 2. The second kappa shape index (κ2) is 8.72. The molecule has 4 heterocycles. The molecule has 0 aliphatic carbocycles. The molecule has 1 amide bonds. The van der Waals surface area contributed by atoms with E-state index in [0.29, 0.717) is 25.4 Å². The van der Waals surface area contributed by atoms with Crippen molar-refractivity contribution in [2.45, 2.75) is 38.6 Å². The zero-order valence-electron chi connectivity index (χ0n) is 18.1. The quantitative estimate of drug-likeness (QED) is 0.551. The van der Waals surface area contributed by atoms with Crippen LogP contribution in [0.3, 0.4) is 0 Å². The summed E-state index contributed by atoms with van der Waals surface area (Å²) in [6.07, 6.45) is -0.202. The van der Waals surface area contributed by atoms with E-state index in [0.717, 1.165) is 23.3 Å². The number of nitrogens with zero attached hydrogens (tertiary/aromatic N) is 5. The first-order valence-corrected chi connectivity index (χ1v) is 10.4. The second-order valence-corrected chi connectivity index (χ2v) is 7.99. The van der Waals surface area contributed by atoms with Gasteiger partial charge >= 0.3 is 6.18 Å². The number of halogens is 3. The van der Waals surface area contributed by atoms with Crippen LogP contribution in [0.25, 0.3) is 10.9 Å². The maximum Gasteiger partial charge on any atom is 0.433 e. The van der Waals surface area contributed by atoms with Crippen molar-refractivity contribution in [3.63, 3.8) is 0 Å². The van der Waals surface area contributed by atoms with Crippen LogP contribution in [0.4, 0.5) is 24.8 Å². The molecule has 4 rings (SSSR count). The molecule has 1 aliphatic heterocycles. The van der Waals surface area contributed by atoms with Crippen molar-refractivity contribution in [3.8, 4) is 5.88 Å². The van der Waals surface area contributed by atoms with Gasteiger partial charge in [0.15, 0.2) is 0 Å². The Kier molecular flexibility index (Phi) is 5.96. The molecule has 3 aromatic rings. The molecule has 3 aromatic heterocycles. The lowest BCUT2D eigenvalue weighted by Crippen LogP contribution is -2.29. The van der Waals surface area contributed by atoms with Gasteiger partial charge in [0.1, 0.15) is 29.8 Å². The molecule has 174 valence electrons. The predicted octanol–water partition coefficient (Wildman–Crippen LogP) is 4.34. The van der Waals surface area contributed by atoms with Gasteiger partial charge in [0.05, 0.1) is 17.4 Å². The van der Waals surface area contributed by atoms with Crippen LogP contribution in [0.1, 0.15) is 32.0 Å². The average molecular weight is 460 g/mol. The van der Waals surface area contributed by atoms with Gasteiger partial charge in [-0.1, -0.05) is 6.58 Å². The summed E-state index contributed by atoms with van der Waals surface area (Å²) in [6.45, 7) is 8.49. The monoisotopic (exact) mass is 460 g/mol. The molecule has 11 heteroatoms. The van der Waals surface area contributed by atoms with Crippen molar-refractivity contribution < 1.29 is 22.7 Å². The summed E-state index contributed by atoms with van der Waals surface area (Å²) >= 11 is 0. The molecule has 1 saturated heterocycles. The van der Waals surface area contributed by atoms with E-state index in [2.05, 4.69) is 26.8 Å². The molecule has 1 atom stereocenters. The Morgan fingerprint density at radius 3 is 2.79 bits per heavy atom. The maximum atomic E-state index is 13.0. The maximum absolute atomic E-state index is 13.0. The number of fused-ring (bicyclic) bond motifs is 1. The topological polar surface area (TPSA) is 85.2 Å². The number of likely N-dealkylation sites (tertiary alicyclic amines) is 1. The fourth-order valence-corrected chi connectivity index (χ4v) is 3.75. The number of carbonyl (C=O) groups is 1. The number of hydrogen-bond donors (Lipinski definition) is 1. The number of amides is 1. The van der Waals surface area contributed by atoms with Gasteiger partial charge in [-0.05, 0) is 26.0 Å². The van der Waals surface area contributed by atoms with Gasteiger partial charge in [-0.2, -0.15) is 18.2 Å². The Hall–Kier alpha value is -3.63. The standard InChI is InChI=1S/C22H23F3N6O2/c1-4-20(32)30-7-5-14(11-30)33-21-15-6-8-31(13(2)3)16(15)9-19(29-21)28-18-10-17(22(23,24)25)26-12-27-18/h4,6,8-10,12-14H,1,5,7,11H2,2-3H3,(H,26,27,28,29)/t14-/m0/s1. The number of ether oxygens (including phenoxy) is 1. The molecule has 8 nitrogen and oxygen atoms in total. The number of hydrogen-bond acceptors (Lipinski definition) is 6. The lowest BCUT2D eigenvalue weighted by Gasteiger charge is -2.17. The van der Waals surface area contributed by atoms with Crippen molar-refractivity contribution in [1.29, 1.82) is 0 Å². The molecule has 0 bridgehead atoms. The Balaban J connectivity index is 1.67. The van der Waals surface area contributed by atoms with Gasteiger partial charge in [0, 0.05) is 37.3 Å². The predicted molar refractivity (Wildman–Crippen MR) is 116 cm³/mol. The van der Waals surface area contributed by atoms with Crippen molar-refractivity contribution >= 4 is 28.4 Å². The third-order valence-corrected chi connectivity index (χ3v) is 5.36. The fourth-order valence-electron chi connectivity index (χ4n) is 3.75. The summed E-state index contributed by atoms with van der Waals surface area (Å²) in [6, 6.07) is 4.58. The van der Waals surface area contributed by atoms with Crippen LogP contribution in [0.2, 0.25) is 0 Å². The van der Waals surface area contributed by atoms with Crippen molar-refractivity contribution in [3.05, 3.63) is 49.1 Å². The minimum absolute atomic E-state index is 0.0404. The fraction of sp³-hybridized carbons (Fsp3) is 0.364. The Morgan fingerprint density at radius 1 is 1.30 bits per heavy atom. The van der Waals surface area contributed by atoms with Gasteiger partial charge in [-0.3, -0.25) is 4.79 Å². The smallest absolute Gasteiger partial charge is 0.433 e. The summed E-state index contributed by atoms with van der Waals surface area (Å²) < 4.78 is 47.3. The molecule has 1 N–H and O–H groups in total. The van der Waals surface area contributed by atoms with Gasteiger partial charge in [0.2, 0.25) is 11.8 Å². The summed E-state index contributed by atoms with van der Waals surface area (Å²) in [4.78, 5) is 25.2. The largest absolute Gasteiger partial charge is 0.472 e. The van der Waals surface area contributed by atoms with Gasteiger partial charge < -0.3 is 19.5 Å². The third-order valence-electron chi connectivity index (χ3n) is 5.36. The first-order valence-electron chi connectivity index (χ1n) is 10.4. The highest BCUT2D eigenvalue weighted by atomic mass is 19.4. The normalized spacial score (nSPS) is 16.4. The molecule has 0 saturated carbocycles. The second-order valence-electron chi connectivity index (χ2n) is 7.99. The number of pyridine rings is 1. The average Bonchev–Trinajstić information content (AvgIpc) is 3.40. The minimum atomic E-state index is -4.59. The molecule has 33 heavy (non-hydrogen) atoms. The van der Waals surface area contributed by atoms with Crippen LogP contribution < -0.4 is 10.1 Å².